The molecule has 0 unspecified atom stereocenters. The van der Waals surface area contributed by atoms with Gasteiger partial charge in [0.2, 0.25) is 0 Å². The van der Waals surface area contributed by atoms with E-state index in [9.17, 15) is 4.79 Å². The second-order valence-electron chi connectivity index (χ2n) is 4.72. The minimum absolute atomic E-state index is 0.412. The molecule has 1 aliphatic heterocycles. The van der Waals surface area contributed by atoms with Gasteiger partial charge in [-0.15, -0.1) is 0 Å². The monoisotopic (exact) mass is 233 g/mol. The lowest BCUT2D eigenvalue weighted by atomic mass is 10.2. The lowest BCUT2D eigenvalue weighted by molar-refractivity contribution is 0.0594. The molecule has 1 amide bonds. The summed E-state index contributed by atoms with van der Waals surface area (Å²) in [7, 11) is 0. The third kappa shape index (κ3) is 2.58. The van der Waals surface area contributed by atoms with E-state index in [1.807, 2.05) is 39.0 Å². The molecule has 0 fully saturated rings. The number of hydrogen-bond donors (Lipinski definition) is 0. The van der Waals surface area contributed by atoms with Crippen molar-refractivity contribution >= 4 is 11.8 Å². The van der Waals surface area contributed by atoms with Gasteiger partial charge in [-0.3, -0.25) is 0 Å². The summed E-state index contributed by atoms with van der Waals surface area (Å²) in [5.74, 6) is 0.640. The van der Waals surface area contributed by atoms with Crippen LogP contribution in [0.3, 0.4) is 0 Å². The van der Waals surface area contributed by atoms with E-state index in [0.717, 1.165) is 0 Å². The maximum atomic E-state index is 12.0. The molecule has 0 bridgehead atoms. The number of rotatable bonds is 0. The van der Waals surface area contributed by atoms with Crippen molar-refractivity contribution in [2.75, 3.05) is 4.90 Å². The molecule has 1 aromatic carbocycles. The Labute approximate surface area is 100 Å². The van der Waals surface area contributed by atoms with Crippen molar-refractivity contribution in [3.63, 3.8) is 0 Å². The Kier molecular flexibility index (Phi) is 2.79. The molecule has 0 N–H and O–H groups in total. The third-order valence-electron chi connectivity index (χ3n) is 2.12. The Balaban J connectivity index is 2.25. The molecule has 0 aromatic heterocycles. The van der Waals surface area contributed by atoms with E-state index in [2.05, 4.69) is 0 Å². The fourth-order valence-electron chi connectivity index (χ4n) is 1.47. The Morgan fingerprint density at radius 1 is 1.29 bits per heavy atom. The van der Waals surface area contributed by atoms with Crippen molar-refractivity contribution in [1.82, 2.24) is 0 Å². The molecule has 90 valence electrons. The minimum Gasteiger partial charge on any atom is -0.461 e. The lowest BCUT2D eigenvalue weighted by Crippen LogP contribution is -2.34. The third-order valence-corrected chi connectivity index (χ3v) is 2.12. The van der Waals surface area contributed by atoms with Crippen LogP contribution in [0.25, 0.3) is 0 Å². The van der Waals surface area contributed by atoms with E-state index in [-0.39, 0.29) is 0 Å². The zero-order chi connectivity index (χ0) is 12.5. The second-order valence-corrected chi connectivity index (χ2v) is 4.72. The first-order valence-electron chi connectivity index (χ1n) is 5.42. The molecule has 0 radical (unpaired) electrons. The molecule has 0 saturated heterocycles. The first-order valence-corrected chi connectivity index (χ1v) is 5.42. The van der Waals surface area contributed by atoms with E-state index >= 15 is 0 Å². The molecule has 0 spiro atoms. The Morgan fingerprint density at radius 2 is 2.00 bits per heavy atom. The summed E-state index contributed by atoms with van der Waals surface area (Å²) in [5.41, 5.74) is 0.169. The highest BCUT2D eigenvalue weighted by Crippen LogP contribution is 2.32. The van der Waals surface area contributed by atoms with Crippen LogP contribution in [-0.2, 0) is 4.74 Å². The van der Waals surface area contributed by atoms with Gasteiger partial charge in [-0.1, -0.05) is 12.1 Å². The Morgan fingerprint density at radius 3 is 2.71 bits per heavy atom. The Bertz CT molecular complexity index is 460. The van der Waals surface area contributed by atoms with Gasteiger partial charge in [0.05, 0.1) is 11.9 Å². The summed E-state index contributed by atoms with van der Waals surface area (Å²) < 4.78 is 10.6. The number of ether oxygens (including phenoxy) is 2. The molecule has 0 atom stereocenters. The molecule has 17 heavy (non-hydrogen) atoms. The van der Waals surface area contributed by atoms with Gasteiger partial charge in [0, 0.05) is 0 Å². The van der Waals surface area contributed by atoms with Gasteiger partial charge in [-0.2, -0.15) is 0 Å². The summed E-state index contributed by atoms with van der Waals surface area (Å²) >= 11 is 0. The highest BCUT2D eigenvalue weighted by atomic mass is 16.6. The normalized spacial score (nSPS) is 13.9. The topological polar surface area (TPSA) is 38.8 Å². The molecular formula is C13H15NO3. The Hall–Kier alpha value is -1.97. The van der Waals surface area contributed by atoms with Crippen molar-refractivity contribution in [2.24, 2.45) is 0 Å². The molecule has 1 heterocycles. The molecule has 0 saturated carbocycles. The van der Waals surface area contributed by atoms with Crippen LogP contribution >= 0.6 is 0 Å². The van der Waals surface area contributed by atoms with Crippen molar-refractivity contribution in [1.29, 1.82) is 0 Å². The zero-order valence-electron chi connectivity index (χ0n) is 10.1. The van der Waals surface area contributed by atoms with E-state index in [1.165, 1.54) is 11.2 Å². The number of benzene rings is 1. The number of fused-ring (bicyclic) bond motifs is 1. The van der Waals surface area contributed by atoms with E-state index in [0.29, 0.717) is 11.4 Å². The molecular weight excluding hydrogens is 218 g/mol. The molecule has 1 aliphatic rings. The van der Waals surface area contributed by atoms with Gasteiger partial charge in [-0.05, 0) is 32.9 Å². The number of hydrogen-bond acceptors (Lipinski definition) is 3. The van der Waals surface area contributed by atoms with E-state index < -0.39 is 11.7 Å². The van der Waals surface area contributed by atoms with E-state index in [4.69, 9.17) is 9.47 Å². The van der Waals surface area contributed by atoms with Crippen LogP contribution in [0.15, 0.2) is 36.7 Å². The zero-order valence-corrected chi connectivity index (χ0v) is 10.1. The number of anilines is 1. The maximum Gasteiger partial charge on any atom is 0.419 e. The molecule has 1 aromatic rings. The van der Waals surface area contributed by atoms with Crippen molar-refractivity contribution in [3.05, 3.63) is 36.7 Å². The SMILES string of the molecule is CC(C)(C)OC(=O)N1C=COc2ccccc21. The smallest absolute Gasteiger partial charge is 0.419 e. The maximum absolute atomic E-state index is 12.0. The van der Waals surface area contributed by atoms with Crippen LogP contribution in [0.4, 0.5) is 10.5 Å². The summed E-state index contributed by atoms with van der Waals surface area (Å²) in [4.78, 5) is 13.4. The van der Waals surface area contributed by atoms with Gasteiger partial charge in [-0.25, -0.2) is 9.69 Å². The summed E-state index contributed by atoms with van der Waals surface area (Å²) in [5, 5.41) is 0. The lowest BCUT2D eigenvalue weighted by Gasteiger charge is -2.27. The fraction of sp³-hybridized carbons (Fsp3) is 0.308. The van der Waals surface area contributed by atoms with Crippen molar-refractivity contribution < 1.29 is 14.3 Å². The van der Waals surface area contributed by atoms with Crippen LogP contribution < -0.4 is 9.64 Å². The standard InChI is InChI=1S/C13H15NO3/c1-13(2,3)17-12(15)14-8-9-16-11-7-5-4-6-10(11)14/h4-9H,1-3H3. The average molecular weight is 233 g/mol. The van der Waals surface area contributed by atoms with Crippen LogP contribution in [-0.4, -0.2) is 11.7 Å². The van der Waals surface area contributed by atoms with Crippen molar-refractivity contribution in [2.45, 2.75) is 26.4 Å². The fourth-order valence-corrected chi connectivity index (χ4v) is 1.47. The van der Waals surface area contributed by atoms with Crippen LogP contribution in [0.1, 0.15) is 20.8 Å². The highest BCUT2D eigenvalue weighted by molar-refractivity contribution is 5.92. The first-order chi connectivity index (χ1) is 7.97. The molecule has 4 heteroatoms. The number of nitrogens with zero attached hydrogens (tertiary/aromatic N) is 1. The van der Waals surface area contributed by atoms with Crippen LogP contribution in [0.5, 0.6) is 5.75 Å². The quantitative estimate of drug-likeness (QED) is 0.690. The number of para-hydroxylation sites is 2. The van der Waals surface area contributed by atoms with Gasteiger partial charge in [0.1, 0.15) is 11.9 Å². The van der Waals surface area contributed by atoms with Gasteiger partial charge >= 0.3 is 6.09 Å². The summed E-state index contributed by atoms with van der Waals surface area (Å²) in [6.45, 7) is 5.50. The molecule has 2 rings (SSSR count). The minimum atomic E-state index is -0.516. The average Bonchev–Trinajstić information content (AvgIpc) is 2.26. The molecule has 4 nitrogen and oxygen atoms in total. The van der Waals surface area contributed by atoms with E-state index in [1.54, 1.807) is 12.3 Å². The summed E-state index contributed by atoms with van der Waals surface area (Å²) in [6, 6.07) is 7.31. The predicted molar refractivity (Wildman–Crippen MR) is 64.9 cm³/mol. The largest absolute Gasteiger partial charge is 0.461 e. The first kappa shape index (κ1) is 11.5. The van der Waals surface area contributed by atoms with Crippen LogP contribution in [0, 0.1) is 0 Å². The van der Waals surface area contributed by atoms with Crippen LogP contribution in [0.2, 0.25) is 0 Å². The summed E-state index contributed by atoms with van der Waals surface area (Å²) in [6.07, 6.45) is 2.60. The second kappa shape index (κ2) is 4.13. The number of carbonyl (C=O) groups excluding carboxylic acids is 1. The predicted octanol–water partition coefficient (Wildman–Crippen LogP) is 3.29. The molecule has 0 aliphatic carbocycles. The van der Waals surface area contributed by atoms with Gasteiger partial charge in [0.15, 0.2) is 5.75 Å². The number of amides is 1. The van der Waals surface area contributed by atoms with Gasteiger partial charge in [0.25, 0.3) is 0 Å². The highest BCUT2D eigenvalue weighted by Gasteiger charge is 2.25. The van der Waals surface area contributed by atoms with Crippen molar-refractivity contribution in [3.8, 4) is 5.75 Å². The van der Waals surface area contributed by atoms with Gasteiger partial charge < -0.3 is 9.47 Å². The number of carbonyl (C=O) groups is 1.